The zero-order chi connectivity index (χ0) is 24.6. The lowest BCUT2D eigenvalue weighted by Crippen LogP contribution is -2.12. The number of nitrogens with two attached hydrogens (primary N) is 1. The molecule has 3 aromatic heterocycles. The molecule has 3 heterocycles. The van der Waals surface area contributed by atoms with Gasteiger partial charge in [-0.25, -0.2) is 18.7 Å². The van der Waals surface area contributed by atoms with Gasteiger partial charge in [0, 0.05) is 23.3 Å². The van der Waals surface area contributed by atoms with Crippen molar-refractivity contribution in [2.75, 3.05) is 0 Å². The molecule has 1 atom stereocenters. The number of primary amides is 1. The normalized spacial score (nSPS) is 14.3. The van der Waals surface area contributed by atoms with Gasteiger partial charge in [-0.2, -0.15) is 0 Å². The molecule has 174 valence electrons. The van der Waals surface area contributed by atoms with Crippen molar-refractivity contribution in [2.45, 2.75) is 6.04 Å². The molecule has 6 nitrogen and oxygen atoms in total. The van der Waals surface area contributed by atoms with Crippen molar-refractivity contribution in [3.05, 3.63) is 107 Å². The van der Waals surface area contributed by atoms with Crippen LogP contribution in [0.3, 0.4) is 0 Å². The summed E-state index contributed by atoms with van der Waals surface area (Å²) in [6.45, 7) is 0. The maximum absolute atomic E-state index is 14.4. The Hall–Kier alpha value is -4.85. The first-order valence-corrected chi connectivity index (χ1v) is 11.3. The average Bonchev–Trinajstić information content (AvgIpc) is 3.59. The molecule has 36 heavy (non-hydrogen) atoms. The maximum Gasteiger partial charge on any atom is 0.249 e. The van der Waals surface area contributed by atoms with Gasteiger partial charge in [0.1, 0.15) is 17.0 Å². The van der Waals surface area contributed by atoms with Gasteiger partial charge in [0.2, 0.25) is 5.91 Å². The Morgan fingerprint density at radius 1 is 0.944 bits per heavy atom. The van der Waals surface area contributed by atoms with Crippen LogP contribution in [0, 0.1) is 11.6 Å². The van der Waals surface area contributed by atoms with E-state index in [9.17, 15) is 13.6 Å². The fourth-order valence-electron chi connectivity index (χ4n) is 5.35. The summed E-state index contributed by atoms with van der Waals surface area (Å²) in [5.41, 5.74) is 11.8. The number of hydrogen-bond acceptors (Lipinski definition) is 3. The van der Waals surface area contributed by atoms with E-state index in [1.807, 2.05) is 53.2 Å². The van der Waals surface area contributed by atoms with Crippen LogP contribution in [0.4, 0.5) is 8.78 Å². The first kappa shape index (κ1) is 20.5. The molecule has 0 radical (unpaired) electrons. The molecule has 0 saturated carbocycles. The molecule has 1 amide bonds. The lowest BCUT2D eigenvalue weighted by Gasteiger charge is -2.17. The summed E-state index contributed by atoms with van der Waals surface area (Å²) in [4.78, 5) is 24.1. The van der Waals surface area contributed by atoms with Gasteiger partial charge >= 0.3 is 0 Å². The predicted octanol–water partition coefficient (Wildman–Crippen LogP) is 5.57. The largest absolute Gasteiger partial charge is 0.366 e. The van der Waals surface area contributed by atoms with Crippen molar-refractivity contribution in [2.24, 2.45) is 5.73 Å². The van der Waals surface area contributed by atoms with Crippen molar-refractivity contribution in [3.8, 4) is 22.5 Å². The Morgan fingerprint density at radius 2 is 1.75 bits per heavy atom. The number of nitrogens with zero attached hydrogens (tertiary/aromatic N) is 3. The van der Waals surface area contributed by atoms with Gasteiger partial charge in [-0.1, -0.05) is 42.5 Å². The summed E-state index contributed by atoms with van der Waals surface area (Å²) in [5.74, 6) is -1.97. The number of aromatic amines is 1. The molecule has 7 rings (SSSR count). The van der Waals surface area contributed by atoms with Crippen molar-refractivity contribution in [1.29, 1.82) is 0 Å². The number of nitrogens with one attached hydrogen (secondary N) is 1. The Kier molecular flexibility index (Phi) is 4.17. The number of benzene rings is 3. The lowest BCUT2D eigenvalue weighted by molar-refractivity contribution is 0.100. The Labute approximate surface area is 203 Å². The van der Waals surface area contributed by atoms with Crippen LogP contribution >= 0.6 is 0 Å². The second kappa shape index (κ2) is 7.32. The molecule has 0 saturated heterocycles. The van der Waals surface area contributed by atoms with E-state index in [0.29, 0.717) is 27.9 Å². The van der Waals surface area contributed by atoms with E-state index >= 15 is 0 Å². The number of carbonyl (C=O) groups is 1. The summed E-state index contributed by atoms with van der Waals surface area (Å²) in [6.07, 6.45) is 3.49. The molecular formula is C28H17F2N5O. The van der Waals surface area contributed by atoms with E-state index in [4.69, 9.17) is 5.73 Å². The van der Waals surface area contributed by atoms with Crippen LogP contribution in [0.25, 0.3) is 44.6 Å². The number of imidazole rings is 1. The van der Waals surface area contributed by atoms with Gasteiger partial charge in [-0.3, -0.25) is 4.79 Å². The third kappa shape index (κ3) is 2.72. The van der Waals surface area contributed by atoms with E-state index in [2.05, 4.69) is 21.0 Å². The number of fused-ring (bicyclic) bond motifs is 5. The van der Waals surface area contributed by atoms with Crippen LogP contribution < -0.4 is 5.73 Å². The average molecular weight is 477 g/mol. The molecule has 1 unspecified atom stereocenters. The topological polar surface area (TPSA) is 89.6 Å². The van der Waals surface area contributed by atoms with Crippen LogP contribution in [0.2, 0.25) is 0 Å². The molecule has 0 spiro atoms. The third-order valence-electron chi connectivity index (χ3n) is 6.88. The summed E-state index contributed by atoms with van der Waals surface area (Å²) in [5, 5.41) is 0.682. The molecular weight excluding hydrogens is 460 g/mol. The molecule has 8 heteroatoms. The van der Waals surface area contributed by atoms with E-state index in [1.54, 1.807) is 12.3 Å². The minimum absolute atomic E-state index is 0.0370. The monoisotopic (exact) mass is 477 g/mol. The van der Waals surface area contributed by atoms with Crippen molar-refractivity contribution < 1.29 is 13.6 Å². The van der Waals surface area contributed by atoms with E-state index < -0.39 is 17.5 Å². The second-order valence-electron chi connectivity index (χ2n) is 8.79. The number of pyridine rings is 1. The summed E-state index contributed by atoms with van der Waals surface area (Å²) >= 11 is 0. The highest BCUT2D eigenvalue weighted by molar-refractivity contribution is 6.05. The van der Waals surface area contributed by atoms with Crippen molar-refractivity contribution >= 4 is 28.0 Å². The van der Waals surface area contributed by atoms with E-state index in [-0.39, 0.29) is 11.6 Å². The minimum atomic E-state index is -0.976. The van der Waals surface area contributed by atoms with Gasteiger partial charge in [0.15, 0.2) is 11.6 Å². The van der Waals surface area contributed by atoms with Gasteiger partial charge < -0.3 is 15.3 Å². The smallest absolute Gasteiger partial charge is 0.249 e. The first-order valence-electron chi connectivity index (χ1n) is 11.3. The Morgan fingerprint density at radius 3 is 2.61 bits per heavy atom. The molecule has 0 fully saturated rings. The second-order valence-corrected chi connectivity index (χ2v) is 8.79. The number of aromatic nitrogens is 4. The quantitative estimate of drug-likeness (QED) is 0.348. The lowest BCUT2D eigenvalue weighted by atomic mass is 9.99. The molecule has 1 aliphatic rings. The minimum Gasteiger partial charge on any atom is -0.366 e. The van der Waals surface area contributed by atoms with Crippen LogP contribution in [0.1, 0.15) is 27.5 Å². The van der Waals surface area contributed by atoms with Crippen LogP contribution in [-0.4, -0.2) is 25.4 Å². The number of carbonyl (C=O) groups excluding carboxylic acids is 1. The third-order valence-corrected chi connectivity index (χ3v) is 6.88. The van der Waals surface area contributed by atoms with Crippen LogP contribution in [0.15, 0.2) is 79.1 Å². The molecule has 0 aliphatic heterocycles. The summed E-state index contributed by atoms with van der Waals surface area (Å²) in [6, 6.07) is 19.7. The fourth-order valence-corrected chi connectivity index (χ4v) is 5.35. The Bertz CT molecular complexity index is 1870. The van der Waals surface area contributed by atoms with Crippen molar-refractivity contribution in [3.63, 3.8) is 0 Å². The highest BCUT2D eigenvalue weighted by atomic mass is 19.2. The summed E-state index contributed by atoms with van der Waals surface area (Å²) < 4.78 is 30.3. The van der Waals surface area contributed by atoms with Crippen molar-refractivity contribution in [1.82, 2.24) is 19.5 Å². The van der Waals surface area contributed by atoms with E-state index in [1.165, 1.54) is 6.07 Å². The predicted molar refractivity (Wildman–Crippen MR) is 132 cm³/mol. The van der Waals surface area contributed by atoms with Crippen LogP contribution in [0.5, 0.6) is 0 Å². The van der Waals surface area contributed by atoms with Gasteiger partial charge in [-0.05, 0) is 46.5 Å². The SMILES string of the molecule is NC(=O)c1ccnc2c1ccn2C1c2ccccc2-c2c(-c3nc4c(F)c(F)ccc4[nH]3)cccc21. The van der Waals surface area contributed by atoms with Gasteiger partial charge in [-0.15, -0.1) is 0 Å². The molecule has 3 N–H and O–H groups in total. The molecule has 1 aliphatic carbocycles. The number of rotatable bonds is 3. The number of H-pyrrole nitrogens is 1. The highest BCUT2D eigenvalue weighted by Crippen LogP contribution is 2.50. The standard InChI is InChI=1S/C28H17F2N5O/c29-20-8-9-21-24(23(20)30)34-27(33-21)19-7-3-6-18-22(19)14-4-1-2-5-15(14)25(18)35-13-11-17-16(26(31)36)10-12-32-28(17)35/h1-13,25H,(H2,31,36)(H,33,34). The maximum atomic E-state index is 14.4. The van der Waals surface area contributed by atoms with Gasteiger partial charge in [0.25, 0.3) is 0 Å². The molecule has 6 aromatic rings. The van der Waals surface area contributed by atoms with Gasteiger partial charge in [0.05, 0.1) is 17.1 Å². The van der Waals surface area contributed by atoms with E-state index in [0.717, 1.165) is 33.9 Å². The first-order chi connectivity index (χ1) is 17.5. The fraction of sp³-hybridized carbons (Fsp3) is 0.0357. The zero-order valence-corrected chi connectivity index (χ0v) is 18.7. The van der Waals surface area contributed by atoms with Crippen LogP contribution in [-0.2, 0) is 0 Å². The molecule has 3 aromatic carbocycles. The number of halogens is 2. The number of hydrogen-bond donors (Lipinski definition) is 2. The zero-order valence-electron chi connectivity index (χ0n) is 18.7. The summed E-state index contributed by atoms with van der Waals surface area (Å²) in [7, 11) is 0. The number of amides is 1. The highest BCUT2D eigenvalue weighted by Gasteiger charge is 2.33. The Balaban J connectivity index is 1.49. The molecule has 0 bridgehead atoms.